The van der Waals surface area contributed by atoms with Crippen LogP contribution in [0.3, 0.4) is 0 Å². The third-order valence-corrected chi connectivity index (χ3v) is 8.62. The molecule has 2 aliphatic carbocycles. The highest BCUT2D eigenvalue weighted by molar-refractivity contribution is 5.81. The van der Waals surface area contributed by atoms with E-state index >= 15 is 0 Å². The van der Waals surface area contributed by atoms with Crippen LogP contribution in [-0.2, 0) is 4.74 Å². The van der Waals surface area contributed by atoms with Crippen molar-refractivity contribution in [3.8, 4) is 11.3 Å². The zero-order chi connectivity index (χ0) is 27.2. The molecule has 1 saturated heterocycles. The Balaban J connectivity index is 1.32. The number of hydrogen-bond acceptors (Lipinski definition) is 4. The molecular weight excluding hydrogens is 480 g/mol. The van der Waals surface area contributed by atoms with Crippen LogP contribution in [0.5, 0.6) is 0 Å². The number of aromatic amines is 1. The Morgan fingerprint density at radius 3 is 2.21 bits per heavy atom. The Labute approximate surface area is 235 Å². The van der Waals surface area contributed by atoms with E-state index in [0.717, 1.165) is 62.0 Å². The first-order chi connectivity index (χ1) is 19.0. The molecule has 1 aromatic carbocycles. The van der Waals surface area contributed by atoms with E-state index in [4.69, 9.17) is 9.72 Å². The number of anilines is 1. The molecular formula is C34H46N4O. The lowest BCUT2D eigenvalue weighted by atomic mass is 9.91. The molecule has 0 amide bonds. The highest BCUT2D eigenvalue weighted by Crippen LogP contribution is 2.36. The second-order valence-corrected chi connectivity index (χ2v) is 11.8. The van der Waals surface area contributed by atoms with E-state index < -0.39 is 0 Å². The van der Waals surface area contributed by atoms with Gasteiger partial charge in [0, 0.05) is 58.4 Å². The van der Waals surface area contributed by atoms with E-state index in [9.17, 15) is 0 Å². The Morgan fingerprint density at radius 2 is 1.56 bits per heavy atom. The lowest BCUT2D eigenvalue weighted by Gasteiger charge is -2.22. The molecule has 2 aromatic rings. The molecule has 0 atom stereocenters. The van der Waals surface area contributed by atoms with E-state index in [1.807, 2.05) is 0 Å². The lowest BCUT2D eigenvalue weighted by Crippen LogP contribution is -2.15. The number of benzene rings is 1. The van der Waals surface area contributed by atoms with Crippen molar-refractivity contribution in [3.63, 3.8) is 0 Å². The number of aromatic nitrogens is 2. The van der Waals surface area contributed by atoms with E-state index in [0.29, 0.717) is 0 Å². The van der Waals surface area contributed by atoms with Crippen LogP contribution in [0.1, 0.15) is 75.7 Å². The molecule has 0 saturated carbocycles. The number of nitrogens with one attached hydrogen (secondary N) is 1. The zero-order valence-electron chi connectivity index (χ0n) is 24.4. The van der Waals surface area contributed by atoms with Crippen LogP contribution in [0.4, 0.5) is 5.69 Å². The summed E-state index contributed by atoms with van der Waals surface area (Å²) in [7, 11) is 8.41. The number of rotatable bonds is 10. The predicted octanol–water partition coefficient (Wildman–Crippen LogP) is 7.86. The summed E-state index contributed by atoms with van der Waals surface area (Å²) in [4.78, 5) is 13.3. The van der Waals surface area contributed by atoms with Crippen molar-refractivity contribution in [3.05, 3.63) is 71.4 Å². The Hall–Kier alpha value is -3.05. The number of allylic oxidation sites excluding steroid dienone is 8. The van der Waals surface area contributed by atoms with Crippen molar-refractivity contribution in [1.29, 1.82) is 0 Å². The largest absolute Gasteiger partial charge is 0.381 e. The van der Waals surface area contributed by atoms with Crippen molar-refractivity contribution in [2.45, 2.75) is 64.2 Å². The van der Waals surface area contributed by atoms with Crippen molar-refractivity contribution < 1.29 is 4.74 Å². The fourth-order valence-corrected chi connectivity index (χ4v) is 6.00. The lowest BCUT2D eigenvalue weighted by molar-refractivity contribution is 0.0631. The van der Waals surface area contributed by atoms with Crippen molar-refractivity contribution >= 4 is 16.8 Å². The molecule has 0 unspecified atom stereocenters. The maximum Gasteiger partial charge on any atom is 0.134 e. The molecule has 39 heavy (non-hydrogen) atoms. The molecule has 0 radical (unpaired) electrons. The fraction of sp³-hybridized carbons (Fsp3) is 0.500. The average molecular weight is 527 g/mol. The molecule has 5 nitrogen and oxygen atoms in total. The van der Waals surface area contributed by atoms with Gasteiger partial charge in [-0.1, -0.05) is 48.8 Å². The van der Waals surface area contributed by atoms with Crippen molar-refractivity contribution in [2.75, 3.05) is 46.3 Å². The fourth-order valence-electron chi connectivity index (χ4n) is 6.00. The van der Waals surface area contributed by atoms with Crippen LogP contribution in [0.2, 0.25) is 0 Å². The maximum atomic E-state index is 5.51. The molecule has 1 fully saturated rings. The summed E-state index contributed by atoms with van der Waals surface area (Å²) in [6.07, 6.45) is 21.2. The summed E-state index contributed by atoms with van der Waals surface area (Å²) in [5.74, 6) is 1.91. The number of H-pyrrole nitrogens is 1. The number of unbranched alkanes of at least 4 members (excludes halogenated alkanes) is 1. The van der Waals surface area contributed by atoms with Gasteiger partial charge < -0.3 is 19.5 Å². The van der Waals surface area contributed by atoms with Gasteiger partial charge in [0.05, 0.1) is 11.4 Å². The Morgan fingerprint density at radius 1 is 0.821 bits per heavy atom. The van der Waals surface area contributed by atoms with E-state index in [2.05, 4.69) is 91.5 Å². The number of hydrogen-bond donors (Lipinski definition) is 1. The molecule has 0 spiro atoms. The van der Waals surface area contributed by atoms with E-state index in [1.165, 1.54) is 66.6 Å². The number of nitrogens with zero attached hydrogens (tertiary/aromatic N) is 3. The van der Waals surface area contributed by atoms with Crippen LogP contribution in [0.25, 0.3) is 22.4 Å². The molecule has 0 bridgehead atoms. The first kappa shape index (κ1) is 27.5. The molecule has 2 heterocycles. The minimum atomic E-state index is 0.885. The molecule has 1 N–H and O–H groups in total. The van der Waals surface area contributed by atoms with Gasteiger partial charge in [-0.05, 0) is 86.6 Å². The normalized spacial score (nSPS) is 18.3. The zero-order valence-corrected chi connectivity index (χ0v) is 24.4. The summed E-state index contributed by atoms with van der Waals surface area (Å²) < 4.78 is 5.51. The monoisotopic (exact) mass is 526 g/mol. The first-order valence-corrected chi connectivity index (χ1v) is 14.9. The topological polar surface area (TPSA) is 44.4 Å². The van der Waals surface area contributed by atoms with E-state index in [-0.39, 0.29) is 0 Å². The van der Waals surface area contributed by atoms with Gasteiger partial charge in [-0.3, -0.25) is 0 Å². The molecule has 5 rings (SSSR count). The summed E-state index contributed by atoms with van der Waals surface area (Å²) in [6.45, 7) is 1.93. The third kappa shape index (κ3) is 6.94. The Bertz CT molecular complexity index is 1240. The average Bonchev–Trinajstić information content (AvgIpc) is 3.42. The maximum absolute atomic E-state index is 5.51. The second kappa shape index (κ2) is 12.9. The van der Waals surface area contributed by atoms with E-state index in [1.54, 1.807) is 5.57 Å². The van der Waals surface area contributed by atoms with Gasteiger partial charge in [0.15, 0.2) is 0 Å². The SMILES string of the molecule is CN(C)C1=CC=C(c2nc(C3=CC=C(CCCCC4CCOCC4)CC3)[nH]c2-c2ccc(N(C)C)cc2)CC1. The minimum absolute atomic E-state index is 0.885. The third-order valence-electron chi connectivity index (χ3n) is 8.62. The highest BCUT2D eigenvalue weighted by Gasteiger charge is 2.21. The summed E-state index contributed by atoms with van der Waals surface area (Å²) in [6, 6.07) is 8.81. The number of ether oxygens (including phenoxy) is 1. The quantitative estimate of drug-likeness (QED) is 0.320. The smallest absolute Gasteiger partial charge is 0.134 e. The van der Waals surface area contributed by atoms with Crippen molar-refractivity contribution in [1.82, 2.24) is 14.9 Å². The highest BCUT2D eigenvalue weighted by atomic mass is 16.5. The number of imidazole rings is 1. The molecule has 1 aromatic heterocycles. The molecule has 208 valence electrons. The molecule has 5 heteroatoms. The van der Waals surface area contributed by atoms with Crippen LogP contribution in [0.15, 0.2) is 59.8 Å². The van der Waals surface area contributed by atoms with Gasteiger partial charge in [-0.25, -0.2) is 4.98 Å². The second-order valence-electron chi connectivity index (χ2n) is 11.8. The predicted molar refractivity (Wildman–Crippen MR) is 165 cm³/mol. The summed E-state index contributed by atoms with van der Waals surface area (Å²) >= 11 is 0. The van der Waals surface area contributed by atoms with Gasteiger partial charge in [-0.2, -0.15) is 0 Å². The van der Waals surface area contributed by atoms with Gasteiger partial charge in [0.2, 0.25) is 0 Å². The summed E-state index contributed by atoms with van der Waals surface area (Å²) in [5.41, 5.74) is 10.2. The van der Waals surface area contributed by atoms with Gasteiger partial charge in [-0.15, -0.1) is 0 Å². The van der Waals surface area contributed by atoms with Gasteiger partial charge in [0.1, 0.15) is 5.82 Å². The minimum Gasteiger partial charge on any atom is -0.381 e. The standard InChI is InChI=1S/C34H46N4O/c1-37(2)30-17-13-27(14-18-30)32-33(28-15-19-31(20-16-28)38(3)4)36-34(35-32)29-11-9-25(10-12-29)7-5-6-8-26-21-23-39-24-22-26/h9,11,13-15,17-19,26H,5-8,10,12,16,20-24H2,1-4H3,(H,35,36). The van der Waals surface area contributed by atoms with Crippen LogP contribution >= 0.6 is 0 Å². The van der Waals surface area contributed by atoms with Crippen LogP contribution in [0, 0.1) is 5.92 Å². The molecule has 3 aliphatic rings. The first-order valence-electron chi connectivity index (χ1n) is 14.9. The van der Waals surface area contributed by atoms with Crippen molar-refractivity contribution in [2.24, 2.45) is 5.92 Å². The van der Waals surface area contributed by atoms with Gasteiger partial charge >= 0.3 is 0 Å². The summed E-state index contributed by atoms with van der Waals surface area (Å²) in [5, 5.41) is 0. The van der Waals surface area contributed by atoms with Crippen LogP contribution in [-0.4, -0.2) is 56.3 Å². The van der Waals surface area contributed by atoms with Gasteiger partial charge in [0.25, 0.3) is 0 Å². The van der Waals surface area contributed by atoms with Crippen LogP contribution < -0.4 is 4.90 Å². The Kier molecular flexibility index (Phi) is 9.08. The molecule has 1 aliphatic heterocycles.